The van der Waals surface area contributed by atoms with Crippen LogP contribution in [0.3, 0.4) is 0 Å². The Kier molecular flexibility index (Phi) is 10.9. The van der Waals surface area contributed by atoms with Crippen molar-refractivity contribution in [2.75, 3.05) is 46.3 Å². The molecule has 0 aliphatic carbocycles. The second kappa shape index (κ2) is 11.8. The molecule has 128 valence electrons. The average molecular weight is 313 g/mol. The first-order chi connectivity index (χ1) is 10.5. The van der Waals surface area contributed by atoms with Gasteiger partial charge in [0.05, 0.1) is 6.54 Å². The van der Waals surface area contributed by atoms with Gasteiger partial charge < -0.3 is 20.4 Å². The second-order valence-electron chi connectivity index (χ2n) is 4.94. The number of hydrogen-bond acceptors (Lipinski definition) is 3. The van der Waals surface area contributed by atoms with Crippen LogP contribution in [0.2, 0.25) is 0 Å². The Bertz CT molecular complexity index is 367. The predicted molar refractivity (Wildman–Crippen MR) is 89.8 cm³/mol. The average Bonchev–Trinajstić information content (AvgIpc) is 2.50. The number of likely N-dealkylation sites (N-methyl/N-ethyl adjacent to an activating group) is 2. The predicted octanol–water partition coefficient (Wildman–Crippen LogP) is 0.278. The van der Waals surface area contributed by atoms with Crippen LogP contribution in [0.1, 0.15) is 34.1 Å². The van der Waals surface area contributed by atoms with Crippen molar-refractivity contribution < 1.29 is 9.59 Å². The van der Waals surface area contributed by atoms with Gasteiger partial charge in [-0.25, -0.2) is 4.99 Å². The van der Waals surface area contributed by atoms with E-state index >= 15 is 0 Å². The molecule has 0 radical (unpaired) electrons. The first kappa shape index (κ1) is 20.2. The summed E-state index contributed by atoms with van der Waals surface area (Å²) in [4.78, 5) is 31.5. The molecule has 0 atom stereocenters. The number of nitrogens with one attached hydrogen (secondary N) is 2. The van der Waals surface area contributed by atoms with Crippen LogP contribution in [0.4, 0.5) is 0 Å². The van der Waals surface area contributed by atoms with Crippen LogP contribution in [0, 0.1) is 0 Å². The van der Waals surface area contributed by atoms with Gasteiger partial charge in [-0.15, -0.1) is 0 Å². The van der Waals surface area contributed by atoms with E-state index in [9.17, 15) is 9.59 Å². The zero-order valence-corrected chi connectivity index (χ0v) is 14.6. The van der Waals surface area contributed by atoms with Crippen molar-refractivity contribution in [3.05, 3.63) is 0 Å². The van der Waals surface area contributed by atoms with Crippen molar-refractivity contribution in [1.29, 1.82) is 0 Å². The van der Waals surface area contributed by atoms with Gasteiger partial charge in [-0.3, -0.25) is 9.59 Å². The summed E-state index contributed by atoms with van der Waals surface area (Å²) in [6, 6.07) is 0. The van der Waals surface area contributed by atoms with Gasteiger partial charge in [0.1, 0.15) is 6.54 Å². The number of guanidine groups is 1. The minimum Gasteiger partial charge on any atom is -0.356 e. The molecule has 0 aromatic carbocycles. The maximum Gasteiger partial charge on any atom is 0.242 e. The van der Waals surface area contributed by atoms with Crippen LogP contribution in [-0.2, 0) is 9.59 Å². The molecule has 7 heteroatoms. The molecule has 2 N–H and O–H groups in total. The number of hydrogen-bond donors (Lipinski definition) is 2. The van der Waals surface area contributed by atoms with E-state index in [-0.39, 0.29) is 24.9 Å². The Morgan fingerprint density at radius 2 is 1.68 bits per heavy atom. The fourth-order valence-electron chi connectivity index (χ4n) is 1.89. The minimum atomic E-state index is -0.110. The van der Waals surface area contributed by atoms with Gasteiger partial charge in [0, 0.05) is 33.2 Å². The fourth-order valence-corrected chi connectivity index (χ4v) is 1.89. The van der Waals surface area contributed by atoms with Crippen molar-refractivity contribution >= 4 is 17.8 Å². The number of amides is 2. The first-order valence-corrected chi connectivity index (χ1v) is 8.03. The van der Waals surface area contributed by atoms with E-state index in [1.165, 1.54) is 0 Å². The molecular formula is C15H31N5O2. The van der Waals surface area contributed by atoms with Gasteiger partial charge in [-0.1, -0.05) is 6.92 Å². The molecule has 0 aliphatic rings. The van der Waals surface area contributed by atoms with Crippen LogP contribution < -0.4 is 10.6 Å². The van der Waals surface area contributed by atoms with Gasteiger partial charge in [-0.2, -0.15) is 0 Å². The summed E-state index contributed by atoms with van der Waals surface area (Å²) in [5.41, 5.74) is 0. The highest BCUT2D eigenvalue weighted by Gasteiger charge is 2.15. The highest BCUT2D eigenvalue weighted by Crippen LogP contribution is 1.94. The van der Waals surface area contributed by atoms with E-state index in [0.29, 0.717) is 32.1 Å². The second-order valence-corrected chi connectivity index (χ2v) is 4.94. The number of carbonyl (C=O) groups excluding carboxylic acids is 2. The van der Waals surface area contributed by atoms with Gasteiger partial charge in [0.2, 0.25) is 11.8 Å². The Hall–Kier alpha value is -1.79. The summed E-state index contributed by atoms with van der Waals surface area (Å²) in [6.07, 6.45) is 0.897. The van der Waals surface area contributed by atoms with Crippen molar-refractivity contribution in [2.24, 2.45) is 4.99 Å². The van der Waals surface area contributed by atoms with Gasteiger partial charge >= 0.3 is 0 Å². The van der Waals surface area contributed by atoms with Crippen molar-refractivity contribution in [3.8, 4) is 0 Å². The summed E-state index contributed by atoms with van der Waals surface area (Å²) in [6.45, 7) is 10.9. The van der Waals surface area contributed by atoms with Crippen LogP contribution in [0.15, 0.2) is 4.99 Å². The monoisotopic (exact) mass is 313 g/mol. The summed E-state index contributed by atoms with van der Waals surface area (Å²) in [7, 11) is 1.80. The van der Waals surface area contributed by atoms with Gasteiger partial charge in [0.25, 0.3) is 0 Å². The van der Waals surface area contributed by atoms with E-state index in [4.69, 9.17) is 0 Å². The molecule has 0 aromatic rings. The maximum atomic E-state index is 12.1. The summed E-state index contributed by atoms with van der Waals surface area (Å²) >= 11 is 0. The van der Waals surface area contributed by atoms with Crippen molar-refractivity contribution in [1.82, 2.24) is 20.4 Å². The van der Waals surface area contributed by atoms with E-state index in [0.717, 1.165) is 6.42 Å². The third-order valence-electron chi connectivity index (χ3n) is 3.13. The summed E-state index contributed by atoms with van der Waals surface area (Å²) < 4.78 is 0. The number of rotatable bonds is 9. The molecule has 0 saturated carbocycles. The van der Waals surface area contributed by atoms with E-state index in [1.54, 1.807) is 16.8 Å². The summed E-state index contributed by atoms with van der Waals surface area (Å²) in [5, 5.41) is 5.88. The van der Waals surface area contributed by atoms with Crippen LogP contribution >= 0.6 is 0 Å². The number of aliphatic imine (C=N–C) groups is 1. The molecule has 0 spiro atoms. The lowest BCUT2D eigenvalue weighted by molar-refractivity contribution is -0.131. The fraction of sp³-hybridized carbons (Fsp3) is 0.800. The number of nitrogens with zero attached hydrogens (tertiary/aromatic N) is 3. The van der Waals surface area contributed by atoms with E-state index < -0.39 is 0 Å². The topological polar surface area (TPSA) is 77.0 Å². The molecule has 0 rings (SSSR count). The molecule has 7 nitrogen and oxygen atoms in total. The van der Waals surface area contributed by atoms with Crippen molar-refractivity contribution in [2.45, 2.75) is 34.1 Å². The molecule has 0 unspecified atom stereocenters. The molecule has 2 amide bonds. The third-order valence-corrected chi connectivity index (χ3v) is 3.13. The van der Waals surface area contributed by atoms with Crippen molar-refractivity contribution in [3.63, 3.8) is 0 Å². The molecule has 0 saturated heterocycles. The highest BCUT2D eigenvalue weighted by molar-refractivity contribution is 5.88. The Morgan fingerprint density at radius 3 is 2.18 bits per heavy atom. The standard InChI is InChI=1S/C15H31N5O2/c1-6-10-17-13(21)11-18-15(16-7-2)19(5)12-14(22)20(8-3)9-4/h6-12H2,1-5H3,(H,16,18)(H,17,21). The molecule has 0 aliphatic heterocycles. The normalized spacial score (nSPS) is 11.0. The zero-order chi connectivity index (χ0) is 17.0. The highest BCUT2D eigenvalue weighted by atomic mass is 16.2. The largest absolute Gasteiger partial charge is 0.356 e. The zero-order valence-electron chi connectivity index (χ0n) is 14.6. The lowest BCUT2D eigenvalue weighted by Gasteiger charge is -2.25. The Morgan fingerprint density at radius 1 is 1.05 bits per heavy atom. The Balaban J connectivity index is 4.64. The molecule has 0 heterocycles. The maximum absolute atomic E-state index is 12.1. The van der Waals surface area contributed by atoms with E-state index in [2.05, 4.69) is 15.6 Å². The van der Waals surface area contributed by atoms with Gasteiger partial charge in [-0.05, 0) is 27.2 Å². The Labute approximate surface area is 134 Å². The SMILES string of the molecule is CCCNC(=O)CN=C(NCC)N(C)CC(=O)N(CC)CC. The van der Waals surface area contributed by atoms with Crippen LogP contribution in [-0.4, -0.2) is 73.9 Å². The first-order valence-electron chi connectivity index (χ1n) is 8.03. The number of carbonyl (C=O) groups is 2. The summed E-state index contributed by atoms with van der Waals surface area (Å²) in [5.74, 6) is 0.504. The quantitative estimate of drug-likeness (QED) is 0.473. The molecule has 22 heavy (non-hydrogen) atoms. The van der Waals surface area contributed by atoms with E-state index in [1.807, 2.05) is 27.7 Å². The molecule has 0 bridgehead atoms. The molecular weight excluding hydrogens is 282 g/mol. The molecule has 0 aromatic heterocycles. The third kappa shape index (κ3) is 7.85. The lowest BCUT2D eigenvalue weighted by Crippen LogP contribution is -2.46. The molecule has 0 fully saturated rings. The van der Waals surface area contributed by atoms with Gasteiger partial charge in [0.15, 0.2) is 5.96 Å². The van der Waals surface area contributed by atoms with Crippen LogP contribution in [0.5, 0.6) is 0 Å². The minimum absolute atomic E-state index is 0.0496. The van der Waals surface area contributed by atoms with Crippen LogP contribution in [0.25, 0.3) is 0 Å². The smallest absolute Gasteiger partial charge is 0.242 e. The lowest BCUT2D eigenvalue weighted by atomic mass is 10.4.